The molecule has 31 heavy (non-hydrogen) atoms. The molecule has 0 radical (unpaired) electrons. The molecule has 1 aromatic heterocycles. The van der Waals surface area contributed by atoms with E-state index in [0.717, 1.165) is 5.56 Å². The van der Waals surface area contributed by atoms with E-state index in [1.807, 2.05) is 36.9 Å². The van der Waals surface area contributed by atoms with Gasteiger partial charge in [-0.15, -0.1) is 0 Å². The molecule has 4 rings (SSSR count). The molecule has 0 saturated heterocycles. The van der Waals surface area contributed by atoms with E-state index in [1.165, 1.54) is 18.3 Å². The van der Waals surface area contributed by atoms with Crippen LogP contribution in [0.3, 0.4) is 0 Å². The van der Waals surface area contributed by atoms with Crippen LogP contribution in [0.25, 0.3) is 11.4 Å². The van der Waals surface area contributed by atoms with Crippen LogP contribution in [0.4, 0.5) is 10.2 Å². The van der Waals surface area contributed by atoms with Gasteiger partial charge in [0.05, 0.1) is 0 Å². The Morgan fingerprint density at radius 2 is 1.84 bits per heavy atom. The van der Waals surface area contributed by atoms with Crippen LogP contribution in [0.15, 0.2) is 48.7 Å². The molecule has 0 aliphatic carbocycles. The van der Waals surface area contributed by atoms with E-state index in [9.17, 15) is 9.18 Å². The molecule has 0 spiro atoms. The van der Waals surface area contributed by atoms with Gasteiger partial charge in [0.25, 0.3) is 5.91 Å². The third-order valence-corrected chi connectivity index (χ3v) is 5.07. The molecule has 0 atom stereocenters. The fraction of sp³-hybridized carbons (Fsp3) is 0.261. The molecule has 1 N–H and O–H groups in total. The minimum Gasteiger partial charge on any atom is -0.454 e. The maximum atomic E-state index is 13.3. The van der Waals surface area contributed by atoms with Crippen LogP contribution in [0.2, 0.25) is 0 Å². The smallest absolute Gasteiger partial charge is 0.256 e. The number of benzene rings is 2. The summed E-state index contributed by atoms with van der Waals surface area (Å²) in [6.07, 6.45) is 1.52. The minimum absolute atomic E-state index is 0.204. The standard InChI is InChI=1S/C23H23FN4O3/c1-3-28(4-2)22-18(13-25-21(27-22)16-6-8-17(24)9-7-16)23(29)26-12-15-5-10-19-20(11-15)31-14-30-19/h5-11,13H,3-4,12,14H2,1-2H3,(H,26,29). The highest BCUT2D eigenvalue weighted by molar-refractivity contribution is 5.98. The van der Waals surface area contributed by atoms with Crippen molar-refractivity contribution in [3.63, 3.8) is 0 Å². The maximum absolute atomic E-state index is 13.3. The van der Waals surface area contributed by atoms with Gasteiger partial charge < -0.3 is 19.7 Å². The van der Waals surface area contributed by atoms with Gasteiger partial charge in [0, 0.05) is 31.4 Å². The molecule has 0 unspecified atom stereocenters. The van der Waals surface area contributed by atoms with Gasteiger partial charge in [-0.05, 0) is 55.8 Å². The lowest BCUT2D eigenvalue weighted by atomic mass is 10.1. The second-order valence-electron chi connectivity index (χ2n) is 6.98. The number of hydrogen-bond acceptors (Lipinski definition) is 6. The largest absolute Gasteiger partial charge is 0.454 e. The third-order valence-electron chi connectivity index (χ3n) is 5.07. The molecule has 0 saturated carbocycles. The van der Waals surface area contributed by atoms with Crippen molar-refractivity contribution in [3.8, 4) is 22.9 Å². The summed E-state index contributed by atoms with van der Waals surface area (Å²) in [4.78, 5) is 24.0. The summed E-state index contributed by atoms with van der Waals surface area (Å²) < 4.78 is 24.0. The molecule has 0 fully saturated rings. The molecule has 160 valence electrons. The van der Waals surface area contributed by atoms with E-state index in [0.29, 0.717) is 53.9 Å². The predicted molar refractivity (Wildman–Crippen MR) is 115 cm³/mol. The number of carbonyl (C=O) groups excluding carboxylic acids is 1. The first-order valence-corrected chi connectivity index (χ1v) is 10.1. The van der Waals surface area contributed by atoms with Gasteiger partial charge in [-0.3, -0.25) is 4.79 Å². The minimum atomic E-state index is -0.327. The lowest BCUT2D eigenvalue weighted by Crippen LogP contribution is -2.30. The van der Waals surface area contributed by atoms with E-state index in [4.69, 9.17) is 9.47 Å². The SMILES string of the molecule is CCN(CC)c1nc(-c2ccc(F)cc2)ncc1C(=O)NCc1ccc2c(c1)OCO2. The summed E-state index contributed by atoms with van der Waals surface area (Å²) >= 11 is 0. The third kappa shape index (κ3) is 4.42. The van der Waals surface area contributed by atoms with Crippen LogP contribution < -0.4 is 19.7 Å². The average Bonchev–Trinajstić information content (AvgIpc) is 3.27. The maximum Gasteiger partial charge on any atom is 0.256 e. The number of fused-ring (bicyclic) bond motifs is 1. The molecule has 8 heteroatoms. The van der Waals surface area contributed by atoms with Crippen LogP contribution in [-0.2, 0) is 6.54 Å². The number of halogens is 1. The summed E-state index contributed by atoms with van der Waals surface area (Å²) in [5.41, 5.74) is 1.96. The second kappa shape index (κ2) is 8.99. The van der Waals surface area contributed by atoms with Gasteiger partial charge in [0.1, 0.15) is 17.2 Å². The van der Waals surface area contributed by atoms with E-state index < -0.39 is 0 Å². The quantitative estimate of drug-likeness (QED) is 0.624. The summed E-state index contributed by atoms with van der Waals surface area (Å²) in [6, 6.07) is 11.5. The van der Waals surface area contributed by atoms with Crippen molar-refractivity contribution in [2.24, 2.45) is 0 Å². The van der Waals surface area contributed by atoms with Crippen molar-refractivity contribution in [1.29, 1.82) is 0 Å². The number of anilines is 1. The average molecular weight is 422 g/mol. The van der Waals surface area contributed by atoms with Crippen LogP contribution in [0, 0.1) is 5.82 Å². The molecule has 1 amide bonds. The van der Waals surface area contributed by atoms with Gasteiger partial charge in [-0.1, -0.05) is 6.07 Å². The number of ether oxygens (including phenoxy) is 2. The highest BCUT2D eigenvalue weighted by Crippen LogP contribution is 2.32. The molecular formula is C23H23FN4O3. The van der Waals surface area contributed by atoms with Crippen LogP contribution >= 0.6 is 0 Å². The number of aromatic nitrogens is 2. The Bertz CT molecular complexity index is 1080. The first kappa shape index (κ1) is 20.6. The molecule has 7 nitrogen and oxygen atoms in total. The van der Waals surface area contributed by atoms with E-state index in [1.54, 1.807) is 12.1 Å². The van der Waals surface area contributed by atoms with Crippen molar-refractivity contribution >= 4 is 11.7 Å². The fourth-order valence-corrected chi connectivity index (χ4v) is 3.36. The van der Waals surface area contributed by atoms with Gasteiger partial charge in [0.2, 0.25) is 6.79 Å². The fourth-order valence-electron chi connectivity index (χ4n) is 3.36. The van der Waals surface area contributed by atoms with Crippen molar-refractivity contribution in [2.75, 3.05) is 24.8 Å². The summed E-state index contributed by atoms with van der Waals surface area (Å²) in [5, 5.41) is 2.93. The van der Waals surface area contributed by atoms with Gasteiger partial charge in [0.15, 0.2) is 17.3 Å². The van der Waals surface area contributed by atoms with Crippen LogP contribution in [0.5, 0.6) is 11.5 Å². The lowest BCUT2D eigenvalue weighted by molar-refractivity contribution is 0.0950. The van der Waals surface area contributed by atoms with E-state index in [-0.39, 0.29) is 18.5 Å². The summed E-state index contributed by atoms with van der Waals surface area (Å²) in [7, 11) is 0. The molecule has 2 heterocycles. The predicted octanol–water partition coefficient (Wildman–Crippen LogP) is 3.79. The number of nitrogens with zero attached hydrogens (tertiary/aromatic N) is 3. The number of rotatable bonds is 7. The number of nitrogens with one attached hydrogen (secondary N) is 1. The monoisotopic (exact) mass is 422 g/mol. The highest BCUT2D eigenvalue weighted by Gasteiger charge is 2.20. The Morgan fingerprint density at radius 3 is 2.58 bits per heavy atom. The zero-order valence-electron chi connectivity index (χ0n) is 17.4. The second-order valence-corrected chi connectivity index (χ2v) is 6.98. The summed E-state index contributed by atoms with van der Waals surface area (Å²) in [5.74, 6) is 1.75. The Balaban J connectivity index is 1.58. The zero-order chi connectivity index (χ0) is 21.8. The molecule has 1 aliphatic heterocycles. The van der Waals surface area contributed by atoms with Gasteiger partial charge >= 0.3 is 0 Å². The molecular weight excluding hydrogens is 399 g/mol. The Morgan fingerprint density at radius 1 is 1.10 bits per heavy atom. The number of hydrogen-bond donors (Lipinski definition) is 1. The van der Waals surface area contributed by atoms with E-state index in [2.05, 4.69) is 15.3 Å². The first-order valence-electron chi connectivity index (χ1n) is 10.1. The Labute approximate surface area is 179 Å². The Hall–Kier alpha value is -3.68. The van der Waals surface area contributed by atoms with Gasteiger partial charge in [-0.2, -0.15) is 0 Å². The zero-order valence-corrected chi connectivity index (χ0v) is 17.4. The van der Waals surface area contributed by atoms with Crippen LogP contribution in [0.1, 0.15) is 29.8 Å². The van der Waals surface area contributed by atoms with Crippen molar-refractivity contribution in [1.82, 2.24) is 15.3 Å². The molecule has 2 aromatic carbocycles. The number of amides is 1. The highest BCUT2D eigenvalue weighted by atomic mass is 19.1. The normalized spacial score (nSPS) is 12.0. The summed E-state index contributed by atoms with van der Waals surface area (Å²) in [6.45, 7) is 5.88. The number of carbonyl (C=O) groups is 1. The Kier molecular flexibility index (Phi) is 5.97. The van der Waals surface area contributed by atoms with Crippen molar-refractivity contribution in [3.05, 3.63) is 65.6 Å². The molecule has 3 aromatic rings. The van der Waals surface area contributed by atoms with Gasteiger partial charge in [-0.25, -0.2) is 14.4 Å². The van der Waals surface area contributed by atoms with Crippen LogP contribution in [-0.4, -0.2) is 35.8 Å². The van der Waals surface area contributed by atoms with E-state index >= 15 is 0 Å². The molecule has 1 aliphatic rings. The topological polar surface area (TPSA) is 76.6 Å². The first-order chi connectivity index (χ1) is 15.1. The van der Waals surface area contributed by atoms with Crippen molar-refractivity contribution < 1.29 is 18.7 Å². The molecule has 0 bridgehead atoms. The lowest BCUT2D eigenvalue weighted by Gasteiger charge is -2.22. The van der Waals surface area contributed by atoms with Crippen molar-refractivity contribution in [2.45, 2.75) is 20.4 Å².